The summed E-state index contributed by atoms with van der Waals surface area (Å²) < 4.78 is 49.5. The fourth-order valence-corrected chi connectivity index (χ4v) is 3.31. The first-order valence-corrected chi connectivity index (χ1v) is 10.1. The molecule has 31 heavy (non-hydrogen) atoms. The van der Waals surface area contributed by atoms with Crippen LogP contribution in [-0.4, -0.2) is 23.8 Å². The Labute approximate surface area is 185 Å². The van der Waals surface area contributed by atoms with Gasteiger partial charge in [-0.3, -0.25) is 0 Å². The van der Waals surface area contributed by atoms with Crippen molar-refractivity contribution in [3.8, 4) is 28.8 Å². The number of thiazole rings is 1. The largest absolute Gasteiger partial charge is 0.497 e. The van der Waals surface area contributed by atoms with Crippen LogP contribution in [0.2, 0.25) is 0 Å². The van der Waals surface area contributed by atoms with Crippen LogP contribution in [0.25, 0.3) is 16.8 Å². The number of halogens is 4. The van der Waals surface area contributed by atoms with Gasteiger partial charge in [0, 0.05) is 17.1 Å². The molecule has 0 saturated heterocycles. The number of aromatic nitrogens is 1. The number of nitrogens with zero attached hydrogens (tertiary/aromatic N) is 2. The van der Waals surface area contributed by atoms with E-state index in [0.29, 0.717) is 16.5 Å². The van der Waals surface area contributed by atoms with Gasteiger partial charge in [-0.1, -0.05) is 35.9 Å². The van der Waals surface area contributed by atoms with Crippen LogP contribution in [0.3, 0.4) is 0 Å². The summed E-state index contributed by atoms with van der Waals surface area (Å²) in [6.07, 6.45) is -2.91. The first kappa shape index (κ1) is 22.5. The van der Waals surface area contributed by atoms with Crippen LogP contribution in [-0.2, 0) is 0 Å². The molecule has 1 aromatic heterocycles. The maximum atomic E-state index is 13.5. The number of alkyl halides is 4. The van der Waals surface area contributed by atoms with E-state index in [4.69, 9.17) is 16.3 Å². The summed E-state index contributed by atoms with van der Waals surface area (Å²) in [6, 6.07) is 15.0. The molecule has 0 fully saturated rings. The number of methoxy groups -OCH3 is 1. The molecule has 0 amide bonds. The number of hydrogen-bond acceptors (Lipinski definition) is 6. The Hall–Kier alpha value is -3.22. The topological polar surface area (TPSA) is 67.2 Å². The van der Waals surface area contributed by atoms with E-state index in [0.717, 1.165) is 5.56 Å². The monoisotopic (exact) mass is 465 g/mol. The standard InChI is InChI=1S/C21H15ClF3N3O2S/c1-29-15-6-4-5-13(9-15)17-12-31-19(28-17)14(10-26)11-27-16-7-2-3-8-18(16)30-21(24,25)20(22)23/h2-9,11-12,20,27H,1H3/b14-11+/t20-/m0/s1. The van der Waals surface area contributed by atoms with E-state index in [1.54, 1.807) is 24.6 Å². The minimum absolute atomic E-state index is 0.0943. The van der Waals surface area contributed by atoms with E-state index in [1.807, 2.05) is 24.3 Å². The number of anilines is 1. The quantitative estimate of drug-likeness (QED) is 0.312. The Morgan fingerprint density at radius 2 is 2.06 bits per heavy atom. The van der Waals surface area contributed by atoms with Crippen LogP contribution in [0.1, 0.15) is 5.01 Å². The van der Waals surface area contributed by atoms with E-state index in [1.165, 1.54) is 35.7 Å². The highest BCUT2D eigenvalue weighted by molar-refractivity contribution is 7.11. The van der Waals surface area contributed by atoms with E-state index in [9.17, 15) is 18.4 Å². The van der Waals surface area contributed by atoms with Gasteiger partial charge in [-0.2, -0.15) is 14.0 Å². The van der Waals surface area contributed by atoms with E-state index < -0.39 is 11.7 Å². The molecule has 2 aromatic carbocycles. The third-order valence-electron chi connectivity index (χ3n) is 3.98. The third kappa shape index (κ3) is 5.48. The van der Waals surface area contributed by atoms with Crippen LogP contribution in [0.4, 0.5) is 18.9 Å². The molecule has 1 N–H and O–H groups in total. The normalized spacial score (nSPS) is 12.7. The van der Waals surface area contributed by atoms with Gasteiger partial charge < -0.3 is 14.8 Å². The summed E-state index contributed by atoms with van der Waals surface area (Å²) >= 11 is 6.08. The second-order valence-electron chi connectivity index (χ2n) is 6.04. The van der Waals surface area contributed by atoms with Crippen molar-refractivity contribution in [1.82, 2.24) is 4.98 Å². The number of hydrogen-bond donors (Lipinski definition) is 1. The van der Waals surface area contributed by atoms with Crippen molar-refractivity contribution in [2.24, 2.45) is 0 Å². The Morgan fingerprint density at radius 3 is 2.77 bits per heavy atom. The first-order valence-electron chi connectivity index (χ1n) is 8.75. The number of nitriles is 1. The third-order valence-corrected chi connectivity index (χ3v) is 5.11. The number of ether oxygens (including phenoxy) is 2. The molecule has 0 radical (unpaired) electrons. The zero-order valence-corrected chi connectivity index (χ0v) is 17.6. The second kappa shape index (κ2) is 9.73. The van der Waals surface area contributed by atoms with Crippen molar-refractivity contribution in [3.63, 3.8) is 0 Å². The zero-order valence-electron chi connectivity index (χ0n) is 16.0. The molecule has 1 heterocycles. The van der Waals surface area contributed by atoms with E-state index in [-0.39, 0.29) is 17.0 Å². The van der Waals surface area contributed by atoms with E-state index in [2.05, 4.69) is 15.0 Å². The smallest absolute Gasteiger partial charge is 0.444 e. The fraction of sp³-hybridized carbons (Fsp3) is 0.143. The lowest BCUT2D eigenvalue weighted by Crippen LogP contribution is -2.33. The molecule has 5 nitrogen and oxygen atoms in total. The molecule has 160 valence electrons. The van der Waals surface area contributed by atoms with E-state index >= 15 is 0 Å². The Balaban J connectivity index is 1.83. The first-order chi connectivity index (χ1) is 14.8. The summed E-state index contributed by atoms with van der Waals surface area (Å²) in [6.45, 7) is 0. The molecule has 3 aromatic rings. The van der Waals surface area contributed by atoms with Crippen LogP contribution in [0.15, 0.2) is 60.1 Å². The molecule has 3 rings (SSSR count). The Morgan fingerprint density at radius 1 is 1.29 bits per heavy atom. The Kier molecular flexibility index (Phi) is 7.05. The minimum Gasteiger partial charge on any atom is -0.497 e. The molecule has 0 bridgehead atoms. The predicted octanol–water partition coefficient (Wildman–Crippen LogP) is 6.30. The average Bonchev–Trinajstić information content (AvgIpc) is 3.25. The summed E-state index contributed by atoms with van der Waals surface area (Å²) in [5.74, 6) is 0.339. The zero-order chi connectivity index (χ0) is 22.4. The number of para-hydroxylation sites is 2. The number of allylic oxidation sites excluding steroid dienone is 1. The van der Waals surface area contributed by atoms with Gasteiger partial charge in [0.2, 0.25) is 0 Å². The lowest BCUT2D eigenvalue weighted by Gasteiger charge is -2.19. The van der Waals surface area contributed by atoms with Gasteiger partial charge in [-0.05, 0) is 24.3 Å². The highest BCUT2D eigenvalue weighted by Gasteiger charge is 2.42. The lowest BCUT2D eigenvalue weighted by atomic mass is 10.1. The van der Waals surface area contributed by atoms with Gasteiger partial charge >= 0.3 is 6.11 Å². The van der Waals surface area contributed by atoms with Crippen molar-refractivity contribution in [2.45, 2.75) is 11.7 Å². The van der Waals surface area contributed by atoms with Gasteiger partial charge in [-0.25, -0.2) is 9.37 Å². The summed E-state index contributed by atoms with van der Waals surface area (Å²) in [5.41, 5.74) is -1.29. The van der Waals surface area contributed by atoms with Gasteiger partial charge in [0.15, 0.2) is 0 Å². The van der Waals surface area contributed by atoms with Crippen LogP contribution >= 0.6 is 22.9 Å². The SMILES string of the molecule is COc1cccc(-c2csc(/C(C#N)=C/Nc3ccccc3OC(F)(F)[C@H](F)Cl)n2)c1. The molecular weight excluding hydrogens is 451 g/mol. The molecule has 0 unspecified atom stereocenters. The number of benzene rings is 2. The molecular formula is C21H15ClF3N3O2S. The highest BCUT2D eigenvalue weighted by Crippen LogP contribution is 2.34. The molecule has 0 aliphatic carbocycles. The summed E-state index contributed by atoms with van der Waals surface area (Å²) in [5, 5.41) is 14.5. The fourth-order valence-electron chi connectivity index (χ4n) is 2.47. The number of nitrogens with one attached hydrogen (secondary N) is 1. The van der Waals surface area contributed by atoms with Gasteiger partial charge in [0.05, 0.1) is 18.5 Å². The average molecular weight is 466 g/mol. The molecule has 0 aliphatic rings. The Bertz CT molecular complexity index is 1130. The van der Waals surface area contributed by atoms with Crippen molar-refractivity contribution in [2.75, 3.05) is 12.4 Å². The maximum Gasteiger partial charge on any atom is 0.444 e. The van der Waals surface area contributed by atoms with Crippen molar-refractivity contribution in [1.29, 1.82) is 5.26 Å². The molecule has 0 spiro atoms. The van der Waals surface area contributed by atoms with Crippen molar-refractivity contribution < 1.29 is 22.6 Å². The maximum absolute atomic E-state index is 13.5. The molecule has 10 heteroatoms. The lowest BCUT2D eigenvalue weighted by molar-refractivity contribution is -0.198. The highest BCUT2D eigenvalue weighted by atomic mass is 35.5. The molecule has 0 saturated carbocycles. The second-order valence-corrected chi connectivity index (χ2v) is 7.29. The minimum atomic E-state index is -4.22. The van der Waals surface area contributed by atoms with Gasteiger partial charge in [0.25, 0.3) is 5.63 Å². The van der Waals surface area contributed by atoms with Crippen LogP contribution < -0.4 is 14.8 Å². The van der Waals surface area contributed by atoms with Gasteiger partial charge in [0.1, 0.15) is 28.1 Å². The molecule has 1 atom stereocenters. The van der Waals surface area contributed by atoms with Gasteiger partial charge in [-0.15, -0.1) is 11.3 Å². The van der Waals surface area contributed by atoms with Crippen molar-refractivity contribution >= 4 is 34.2 Å². The van der Waals surface area contributed by atoms with Crippen molar-refractivity contribution in [3.05, 3.63) is 65.1 Å². The predicted molar refractivity (Wildman–Crippen MR) is 114 cm³/mol. The number of rotatable bonds is 8. The van der Waals surface area contributed by atoms with Crippen LogP contribution in [0.5, 0.6) is 11.5 Å². The van der Waals surface area contributed by atoms with Crippen LogP contribution in [0, 0.1) is 11.3 Å². The molecule has 0 aliphatic heterocycles. The summed E-state index contributed by atoms with van der Waals surface area (Å²) in [7, 11) is 1.56. The summed E-state index contributed by atoms with van der Waals surface area (Å²) in [4.78, 5) is 4.46.